The number of aromatic nitrogens is 1. The third kappa shape index (κ3) is 5.57. The molecule has 0 bridgehead atoms. The van der Waals surface area contributed by atoms with E-state index in [0.717, 1.165) is 0 Å². The molecule has 8 nitrogen and oxygen atoms in total. The van der Waals surface area contributed by atoms with Crippen LogP contribution in [0.5, 0.6) is 11.5 Å². The maximum Gasteiger partial charge on any atom is 0.269 e. The van der Waals surface area contributed by atoms with Crippen molar-refractivity contribution in [2.75, 3.05) is 6.61 Å². The number of hydrogen-bond acceptors (Lipinski definition) is 6. The number of fused-ring (bicyclic) bond motifs is 1. The fourth-order valence-electron chi connectivity index (χ4n) is 3.55. The van der Waals surface area contributed by atoms with Gasteiger partial charge in [-0.05, 0) is 42.0 Å². The normalized spacial score (nSPS) is 11.7. The number of carbonyl (C=O) groups is 1. The van der Waals surface area contributed by atoms with Gasteiger partial charge in [-0.3, -0.25) is 19.9 Å². The molecule has 0 aliphatic carbocycles. The number of phenolic OH excluding ortho intramolecular Hbond substituents is 1. The first-order chi connectivity index (χ1) is 16.7. The van der Waals surface area contributed by atoms with Crippen LogP contribution in [0.4, 0.5) is 5.69 Å². The van der Waals surface area contributed by atoms with Crippen molar-refractivity contribution in [3.8, 4) is 11.5 Å². The lowest BCUT2D eigenvalue weighted by Crippen LogP contribution is -2.33. The molecule has 1 atom stereocenters. The summed E-state index contributed by atoms with van der Waals surface area (Å²) in [6.45, 7) is -0.414. The predicted octanol–water partition coefficient (Wildman–Crippen LogP) is 6.09. The van der Waals surface area contributed by atoms with E-state index in [-0.39, 0.29) is 33.3 Å². The Balaban J connectivity index is 1.71. The molecule has 0 spiro atoms. The second-order valence-corrected chi connectivity index (χ2v) is 8.72. The number of halogens is 3. The van der Waals surface area contributed by atoms with Crippen molar-refractivity contribution in [2.24, 2.45) is 0 Å². The summed E-state index contributed by atoms with van der Waals surface area (Å²) in [5.74, 6) is -0.510. The summed E-state index contributed by atoms with van der Waals surface area (Å²) < 4.78 is 5.50. The molecule has 1 heterocycles. The molecule has 178 valence electrons. The lowest BCUT2D eigenvalue weighted by molar-refractivity contribution is -0.384. The molecule has 35 heavy (non-hydrogen) atoms. The van der Waals surface area contributed by atoms with Gasteiger partial charge in [0, 0.05) is 39.3 Å². The number of nitrogens with zero attached hydrogens (tertiary/aromatic N) is 2. The highest BCUT2D eigenvalue weighted by Gasteiger charge is 2.25. The smallest absolute Gasteiger partial charge is 0.269 e. The van der Waals surface area contributed by atoms with Gasteiger partial charge in [0.1, 0.15) is 17.0 Å². The average molecular weight is 533 g/mol. The molecular weight excluding hydrogens is 517 g/mol. The summed E-state index contributed by atoms with van der Waals surface area (Å²) in [5, 5.41) is 26.6. The van der Waals surface area contributed by atoms with Gasteiger partial charge in [0.05, 0.1) is 16.0 Å². The van der Waals surface area contributed by atoms with Crippen LogP contribution in [0.3, 0.4) is 0 Å². The number of nitrogens with one attached hydrogen (secondary N) is 1. The van der Waals surface area contributed by atoms with E-state index in [9.17, 15) is 20.0 Å². The van der Waals surface area contributed by atoms with Gasteiger partial charge in [-0.1, -0.05) is 46.9 Å². The zero-order valence-corrected chi connectivity index (χ0v) is 20.0. The quantitative estimate of drug-likeness (QED) is 0.220. The largest absolute Gasteiger partial charge is 0.505 e. The van der Waals surface area contributed by atoms with E-state index < -0.39 is 23.5 Å². The summed E-state index contributed by atoms with van der Waals surface area (Å²) in [6, 6.07) is 14.1. The van der Waals surface area contributed by atoms with Gasteiger partial charge in [-0.15, -0.1) is 0 Å². The number of amides is 1. The maximum absolute atomic E-state index is 12.9. The fraction of sp³-hybridized carbons (Fsp3) is 0.0833. The molecule has 0 saturated carbocycles. The van der Waals surface area contributed by atoms with Gasteiger partial charge >= 0.3 is 0 Å². The fourth-order valence-corrected chi connectivity index (χ4v) is 4.32. The third-order valence-corrected chi connectivity index (χ3v) is 5.83. The highest BCUT2D eigenvalue weighted by atomic mass is 35.5. The van der Waals surface area contributed by atoms with E-state index in [0.29, 0.717) is 21.0 Å². The minimum atomic E-state index is -1.00. The van der Waals surface area contributed by atoms with Crippen molar-refractivity contribution < 1.29 is 19.6 Å². The first kappa shape index (κ1) is 24.5. The number of rotatable bonds is 7. The summed E-state index contributed by atoms with van der Waals surface area (Å²) in [4.78, 5) is 27.8. The Morgan fingerprint density at radius 2 is 1.83 bits per heavy atom. The number of hydrogen-bond donors (Lipinski definition) is 2. The first-order valence-corrected chi connectivity index (χ1v) is 11.2. The van der Waals surface area contributed by atoms with Crippen molar-refractivity contribution in [3.05, 3.63) is 103 Å². The Kier molecular flexibility index (Phi) is 7.25. The van der Waals surface area contributed by atoms with Crippen molar-refractivity contribution in [2.45, 2.75) is 6.04 Å². The summed E-state index contributed by atoms with van der Waals surface area (Å²) in [5.41, 5.74) is 0.599. The van der Waals surface area contributed by atoms with Crippen molar-refractivity contribution in [3.63, 3.8) is 0 Å². The number of nitro groups is 1. The SMILES string of the molecule is O=C(COc1cc(Cl)cc(Cl)c1)NC(c1cccc([N+](=O)[O-])c1)c1cc(Cl)c2cccnc2c1O. The Morgan fingerprint density at radius 1 is 1.09 bits per heavy atom. The lowest BCUT2D eigenvalue weighted by atomic mass is 9.95. The Morgan fingerprint density at radius 3 is 2.54 bits per heavy atom. The van der Waals surface area contributed by atoms with Crippen molar-refractivity contribution in [1.29, 1.82) is 0 Å². The van der Waals surface area contributed by atoms with Crippen LogP contribution in [0.1, 0.15) is 17.2 Å². The van der Waals surface area contributed by atoms with Crippen LogP contribution in [0.2, 0.25) is 15.1 Å². The molecule has 0 aliphatic heterocycles. The predicted molar refractivity (Wildman–Crippen MR) is 133 cm³/mol. The van der Waals surface area contributed by atoms with Crippen LogP contribution in [0.15, 0.2) is 66.9 Å². The number of carbonyl (C=O) groups excluding carboxylic acids is 1. The molecule has 2 N–H and O–H groups in total. The molecule has 11 heteroatoms. The number of phenols is 1. The summed E-state index contributed by atoms with van der Waals surface area (Å²) in [6.07, 6.45) is 1.49. The number of pyridine rings is 1. The standard InChI is InChI=1S/C24H16Cl3N3O5/c25-14-8-15(26)10-17(9-14)35-12-21(31)29-22(13-3-1-4-16(7-13)30(33)34)19-11-20(27)18-5-2-6-28-23(18)24(19)32/h1-11,22,32H,12H2,(H,29,31). The Hall–Kier alpha value is -3.59. The molecule has 1 aromatic heterocycles. The summed E-state index contributed by atoms with van der Waals surface area (Å²) >= 11 is 18.4. The Bertz CT molecular complexity index is 1430. The minimum absolute atomic E-state index is 0.184. The second-order valence-electron chi connectivity index (χ2n) is 7.44. The summed E-state index contributed by atoms with van der Waals surface area (Å²) in [7, 11) is 0. The van der Waals surface area contributed by atoms with E-state index in [1.54, 1.807) is 18.2 Å². The topological polar surface area (TPSA) is 115 Å². The minimum Gasteiger partial charge on any atom is -0.505 e. The van der Waals surface area contributed by atoms with Gasteiger partial charge in [-0.2, -0.15) is 0 Å². The number of benzene rings is 3. The molecule has 0 saturated heterocycles. The van der Waals surface area contributed by atoms with Crippen molar-refractivity contribution in [1.82, 2.24) is 10.3 Å². The van der Waals surface area contributed by atoms with Crippen LogP contribution >= 0.6 is 34.8 Å². The monoisotopic (exact) mass is 531 g/mol. The number of aromatic hydroxyl groups is 1. The van der Waals surface area contributed by atoms with E-state index in [2.05, 4.69) is 10.3 Å². The number of non-ortho nitro benzene ring substituents is 1. The van der Waals surface area contributed by atoms with Gasteiger partial charge in [-0.25, -0.2) is 0 Å². The van der Waals surface area contributed by atoms with E-state index in [1.165, 1.54) is 48.7 Å². The molecule has 0 radical (unpaired) electrons. The average Bonchev–Trinajstić information content (AvgIpc) is 2.83. The van der Waals surface area contributed by atoms with Crippen LogP contribution in [0.25, 0.3) is 10.9 Å². The van der Waals surface area contributed by atoms with E-state index in [1.807, 2.05) is 0 Å². The molecule has 4 rings (SSSR count). The molecule has 3 aromatic carbocycles. The van der Waals surface area contributed by atoms with E-state index in [4.69, 9.17) is 39.5 Å². The first-order valence-electron chi connectivity index (χ1n) is 10.1. The molecular formula is C24H16Cl3N3O5. The molecule has 4 aromatic rings. The molecule has 1 unspecified atom stereocenters. The second kappa shape index (κ2) is 10.4. The van der Waals surface area contributed by atoms with Gasteiger partial charge in [0.25, 0.3) is 11.6 Å². The van der Waals surface area contributed by atoms with E-state index >= 15 is 0 Å². The number of nitro benzene ring substituents is 1. The number of ether oxygens (including phenoxy) is 1. The maximum atomic E-state index is 12.9. The zero-order chi connectivity index (χ0) is 25.1. The van der Waals surface area contributed by atoms with Crippen LogP contribution in [-0.4, -0.2) is 27.5 Å². The molecule has 0 aliphatic rings. The highest BCUT2D eigenvalue weighted by Crippen LogP contribution is 2.39. The van der Waals surface area contributed by atoms with Gasteiger partial charge in [0.15, 0.2) is 6.61 Å². The van der Waals surface area contributed by atoms with Gasteiger partial charge < -0.3 is 15.2 Å². The third-order valence-electron chi connectivity index (χ3n) is 5.08. The molecule has 0 fully saturated rings. The van der Waals surface area contributed by atoms with Gasteiger partial charge in [0.2, 0.25) is 0 Å². The zero-order valence-electron chi connectivity index (χ0n) is 17.7. The van der Waals surface area contributed by atoms with Crippen molar-refractivity contribution >= 4 is 57.3 Å². The highest BCUT2D eigenvalue weighted by molar-refractivity contribution is 6.36. The van der Waals surface area contributed by atoms with Crippen LogP contribution < -0.4 is 10.1 Å². The van der Waals surface area contributed by atoms with Crippen LogP contribution in [-0.2, 0) is 4.79 Å². The van der Waals surface area contributed by atoms with Crippen LogP contribution in [0, 0.1) is 10.1 Å². The Labute approximate surface area is 214 Å². The molecule has 1 amide bonds. The lowest BCUT2D eigenvalue weighted by Gasteiger charge is -2.22.